The molecule has 0 radical (unpaired) electrons. The Morgan fingerprint density at radius 3 is 2.67 bits per heavy atom. The molecule has 1 fully saturated rings. The largest absolute Gasteiger partial charge is 0.356 e. The lowest BCUT2D eigenvalue weighted by molar-refractivity contribution is 0.167. The molecular weight excluding hydrogens is 433 g/mol. The molecule has 0 aromatic carbocycles. The van der Waals surface area contributed by atoms with Gasteiger partial charge in [-0.15, -0.1) is 35.3 Å². The van der Waals surface area contributed by atoms with E-state index in [0.29, 0.717) is 12.1 Å². The minimum atomic E-state index is 0. The number of rotatable bonds is 6. The van der Waals surface area contributed by atoms with E-state index in [-0.39, 0.29) is 24.0 Å². The minimum Gasteiger partial charge on any atom is -0.356 e. The first-order valence-electron chi connectivity index (χ1n) is 8.70. The molecule has 5 nitrogen and oxygen atoms in total. The van der Waals surface area contributed by atoms with E-state index in [4.69, 9.17) is 0 Å². The smallest absolute Gasteiger partial charge is 0.191 e. The van der Waals surface area contributed by atoms with Gasteiger partial charge in [-0.1, -0.05) is 0 Å². The summed E-state index contributed by atoms with van der Waals surface area (Å²) in [4.78, 5) is 11.4. The molecule has 138 valence electrons. The Balaban J connectivity index is 0.00000288. The van der Waals surface area contributed by atoms with Gasteiger partial charge in [-0.05, 0) is 40.0 Å². The third kappa shape index (κ3) is 7.23. The standard InChI is InChI=1S/C17H31N5S.HI/c1-13(2)22-10-7-15(8-11-22)21-17(18-4)19-9-5-6-16-20-14(3)12-23-16;/h12-13,15H,5-11H2,1-4H3,(H2,18,19,21);1H. The second kappa shape index (κ2) is 11.3. The quantitative estimate of drug-likeness (QED) is 0.294. The molecule has 0 atom stereocenters. The Morgan fingerprint density at radius 2 is 2.12 bits per heavy atom. The van der Waals surface area contributed by atoms with Crippen molar-refractivity contribution >= 4 is 41.3 Å². The first-order chi connectivity index (χ1) is 11.1. The fraction of sp³-hybridized carbons (Fsp3) is 0.765. The number of likely N-dealkylation sites (tertiary alicyclic amines) is 1. The minimum absolute atomic E-state index is 0. The van der Waals surface area contributed by atoms with E-state index in [2.05, 4.69) is 51.7 Å². The molecule has 24 heavy (non-hydrogen) atoms. The van der Waals surface area contributed by atoms with E-state index in [1.807, 2.05) is 7.05 Å². The van der Waals surface area contributed by atoms with Crippen molar-refractivity contribution in [2.75, 3.05) is 26.7 Å². The van der Waals surface area contributed by atoms with Crippen LogP contribution in [0.3, 0.4) is 0 Å². The first-order valence-corrected chi connectivity index (χ1v) is 9.58. The van der Waals surface area contributed by atoms with Crippen LogP contribution < -0.4 is 10.6 Å². The SMILES string of the molecule is CN=C(NCCCc1nc(C)cs1)NC1CCN(C(C)C)CC1.I. The van der Waals surface area contributed by atoms with Crippen LogP contribution in [0.4, 0.5) is 0 Å². The summed E-state index contributed by atoms with van der Waals surface area (Å²) in [7, 11) is 1.85. The van der Waals surface area contributed by atoms with Crippen LogP contribution in [0.25, 0.3) is 0 Å². The second-order valence-corrected chi connectivity index (χ2v) is 7.48. The van der Waals surface area contributed by atoms with Gasteiger partial charge in [0.05, 0.1) is 5.01 Å². The fourth-order valence-electron chi connectivity index (χ4n) is 2.91. The van der Waals surface area contributed by atoms with Crippen LogP contribution in [0.2, 0.25) is 0 Å². The van der Waals surface area contributed by atoms with Crippen LogP contribution in [-0.4, -0.2) is 54.6 Å². The highest BCUT2D eigenvalue weighted by Crippen LogP contribution is 2.13. The average Bonchev–Trinajstić information content (AvgIpc) is 2.96. The molecule has 1 aliphatic rings. The number of hydrogen-bond donors (Lipinski definition) is 2. The molecule has 1 saturated heterocycles. The van der Waals surface area contributed by atoms with E-state index in [0.717, 1.165) is 31.0 Å². The molecule has 0 amide bonds. The predicted octanol–water partition coefficient (Wildman–Crippen LogP) is 3.04. The third-order valence-electron chi connectivity index (χ3n) is 4.35. The molecule has 0 bridgehead atoms. The Morgan fingerprint density at radius 1 is 1.42 bits per heavy atom. The fourth-order valence-corrected chi connectivity index (χ4v) is 3.73. The van der Waals surface area contributed by atoms with Crippen LogP contribution in [0, 0.1) is 6.92 Å². The van der Waals surface area contributed by atoms with Gasteiger partial charge in [0, 0.05) is 56.3 Å². The molecule has 1 aliphatic heterocycles. The lowest BCUT2D eigenvalue weighted by Crippen LogP contribution is -2.50. The molecule has 2 N–H and O–H groups in total. The van der Waals surface area contributed by atoms with Crippen LogP contribution in [-0.2, 0) is 6.42 Å². The molecule has 0 unspecified atom stereocenters. The Hall–Kier alpha value is -0.410. The third-order valence-corrected chi connectivity index (χ3v) is 5.38. The Kier molecular flexibility index (Phi) is 10.1. The van der Waals surface area contributed by atoms with Crippen LogP contribution >= 0.6 is 35.3 Å². The number of piperidine rings is 1. The maximum Gasteiger partial charge on any atom is 0.191 e. The molecule has 0 aliphatic carbocycles. The van der Waals surface area contributed by atoms with Gasteiger partial charge in [0.1, 0.15) is 0 Å². The van der Waals surface area contributed by atoms with Gasteiger partial charge in [0.15, 0.2) is 5.96 Å². The number of nitrogens with one attached hydrogen (secondary N) is 2. The number of aliphatic imine (C=N–C) groups is 1. The van der Waals surface area contributed by atoms with E-state index >= 15 is 0 Å². The van der Waals surface area contributed by atoms with Crippen molar-refractivity contribution in [2.45, 2.75) is 58.5 Å². The second-order valence-electron chi connectivity index (χ2n) is 6.53. The lowest BCUT2D eigenvalue weighted by Gasteiger charge is -2.35. The molecule has 2 heterocycles. The monoisotopic (exact) mass is 465 g/mol. The van der Waals surface area contributed by atoms with Gasteiger partial charge >= 0.3 is 0 Å². The summed E-state index contributed by atoms with van der Waals surface area (Å²) < 4.78 is 0. The summed E-state index contributed by atoms with van der Waals surface area (Å²) >= 11 is 1.76. The summed E-state index contributed by atoms with van der Waals surface area (Å²) in [5.74, 6) is 0.934. The average molecular weight is 465 g/mol. The number of aryl methyl sites for hydroxylation is 2. The molecule has 0 saturated carbocycles. The lowest BCUT2D eigenvalue weighted by atomic mass is 10.0. The topological polar surface area (TPSA) is 52.6 Å². The van der Waals surface area contributed by atoms with Crippen molar-refractivity contribution in [1.82, 2.24) is 20.5 Å². The van der Waals surface area contributed by atoms with Gasteiger partial charge in [-0.25, -0.2) is 4.98 Å². The number of thiazole rings is 1. The highest BCUT2D eigenvalue weighted by molar-refractivity contribution is 14.0. The van der Waals surface area contributed by atoms with Crippen molar-refractivity contribution in [3.05, 3.63) is 16.1 Å². The summed E-state index contributed by atoms with van der Waals surface area (Å²) in [6, 6.07) is 1.20. The normalized spacial score (nSPS) is 17.0. The molecule has 1 aromatic heterocycles. The molecule has 2 rings (SSSR count). The van der Waals surface area contributed by atoms with Gasteiger partial charge in [-0.3, -0.25) is 4.99 Å². The zero-order valence-corrected chi connectivity index (χ0v) is 18.5. The maximum absolute atomic E-state index is 4.50. The highest BCUT2D eigenvalue weighted by Gasteiger charge is 2.21. The number of nitrogens with zero attached hydrogens (tertiary/aromatic N) is 3. The van der Waals surface area contributed by atoms with E-state index in [9.17, 15) is 0 Å². The maximum atomic E-state index is 4.50. The van der Waals surface area contributed by atoms with Crippen molar-refractivity contribution in [1.29, 1.82) is 0 Å². The molecular formula is C17H32IN5S. The summed E-state index contributed by atoms with van der Waals surface area (Å²) in [5, 5.41) is 10.3. The number of hydrogen-bond acceptors (Lipinski definition) is 4. The van der Waals surface area contributed by atoms with Gasteiger partial charge in [0.25, 0.3) is 0 Å². The number of halogens is 1. The van der Waals surface area contributed by atoms with E-state index in [1.54, 1.807) is 11.3 Å². The van der Waals surface area contributed by atoms with Gasteiger partial charge in [0.2, 0.25) is 0 Å². The van der Waals surface area contributed by atoms with E-state index in [1.165, 1.54) is 30.9 Å². The van der Waals surface area contributed by atoms with Gasteiger partial charge < -0.3 is 15.5 Å². The zero-order chi connectivity index (χ0) is 16.7. The molecule has 1 aromatic rings. The summed E-state index contributed by atoms with van der Waals surface area (Å²) in [5.41, 5.74) is 1.13. The zero-order valence-electron chi connectivity index (χ0n) is 15.3. The predicted molar refractivity (Wildman–Crippen MR) is 115 cm³/mol. The van der Waals surface area contributed by atoms with E-state index < -0.39 is 0 Å². The van der Waals surface area contributed by atoms with Crippen molar-refractivity contribution in [3.8, 4) is 0 Å². The molecule has 7 heteroatoms. The van der Waals surface area contributed by atoms with Crippen molar-refractivity contribution in [3.63, 3.8) is 0 Å². The summed E-state index contributed by atoms with van der Waals surface area (Å²) in [6.07, 6.45) is 4.50. The van der Waals surface area contributed by atoms with Crippen molar-refractivity contribution < 1.29 is 0 Å². The van der Waals surface area contributed by atoms with Crippen LogP contribution in [0.15, 0.2) is 10.4 Å². The first kappa shape index (κ1) is 21.6. The highest BCUT2D eigenvalue weighted by atomic mass is 127. The van der Waals surface area contributed by atoms with Crippen molar-refractivity contribution in [2.24, 2.45) is 4.99 Å². The number of aromatic nitrogens is 1. The van der Waals surface area contributed by atoms with Crippen LogP contribution in [0.5, 0.6) is 0 Å². The Bertz CT molecular complexity index is 495. The van der Waals surface area contributed by atoms with Gasteiger partial charge in [-0.2, -0.15) is 0 Å². The summed E-state index contributed by atoms with van der Waals surface area (Å²) in [6.45, 7) is 9.89. The number of guanidine groups is 1. The van der Waals surface area contributed by atoms with Crippen LogP contribution in [0.1, 0.15) is 43.8 Å². The Labute approximate surface area is 167 Å². The molecule has 0 spiro atoms.